The molecule has 1 heterocycles. The van der Waals surface area contributed by atoms with Gasteiger partial charge in [-0.05, 0) is 36.4 Å². The number of aromatic nitrogens is 1. The molecule has 0 saturated heterocycles. The number of nitrogens with one attached hydrogen (secondary N) is 1. The van der Waals surface area contributed by atoms with Gasteiger partial charge < -0.3 is 19.5 Å². The second kappa shape index (κ2) is 9.41. The minimum Gasteiger partial charge on any atom is -0.469 e. The molecule has 0 spiro atoms. The van der Waals surface area contributed by atoms with Crippen LogP contribution >= 0.6 is 0 Å². The number of hydrogen-bond donors (Lipinski definition) is 1. The van der Waals surface area contributed by atoms with Gasteiger partial charge in [0.05, 0.1) is 13.5 Å². The molecule has 1 aromatic heterocycles. The first-order valence-electron chi connectivity index (χ1n) is 8.35. The molecule has 2 rings (SSSR count). The van der Waals surface area contributed by atoms with Crippen molar-refractivity contribution in [2.75, 3.05) is 26.7 Å². The predicted octanol–water partition coefficient (Wildman–Crippen LogP) is 1.62. The van der Waals surface area contributed by atoms with Gasteiger partial charge in [0.15, 0.2) is 0 Å². The summed E-state index contributed by atoms with van der Waals surface area (Å²) in [6.45, 7) is 2.28. The molecule has 0 aliphatic rings. The number of methoxy groups -OCH3 is 1. The molecule has 0 atom stereocenters. The lowest BCUT2D eigenvalue weighted by atomic mass is 10.1. The molecule has 7 nitrogen and oxygen atoms in total. The van der Waals surface area contributed by atoms with E-state index in [0.717, 1.165) is 5.69 Å². The number of carbonyl (C=O) groups excluding carboxylic acids is 3. The van der Waals surface area contributed by atoms with E-state index in [1.165, 1.54) is 18.9 Å². The fraction of sp³-hybridized carbons (Fsp3) is 0.316. The Bertz CT molecular complexity index is 739. The van der Waals surface area contributed by atoms with E-state index in [0.29, 0.717) is 18.7 Å². The normalized spacial score (nSPS) is 10.2. The molecule has 138 valence electrons. The first-order chi connectivity index (χ1) is 12.5. The van der Waals surface area contributed by atoms with Gasteiger partial charge in [0, 0.05) is 50.2 Å². The molecule has 7 heteroatoms. The van der Waals surface area contributed by atoms with Crippen LogP contribution in [0.5, 0.6) is 0 Å². The molecule has 26 heavy (non-hydrogen) atoms. The quantitative estimate of drug-likeness (QED) is 0.728. The lowest BCUT2D eigenvalue weighted by molar-refractivity contribution is -0.140. The average molecular weight is 357 g/mol. The van der Waals surface area contributed by atoms with Crippen LogP contribution in [0.15, 0.2) is 48.8 Å². The lowest BCUT2D eigenvalue weighted by Crippen LogP contribution is -2.39. The Kier molecular flexibility index (Phi) is 6.96. The zero-order valence-electron chi connectivity index (χ0n) is 15.0. The monoisotopic (exact) mass is 357 g/mol. The fourth-order valence-corrected chi connectivity index (χ4v) is 2.48. The highest BCUT2D eigenvalue weighted by Gasteiger charge is 2.17. The SMILES string of the molecule is COC(=O)CCN(CCNC(C)=O)C(=O)c1ccc(-n2cccc2)cc1. The molecular weight excluding hydrogens is 334 g/mol. The summed E-state index contributed by atoms with van der Waals surface area (Å²) >= 11 is 0. The molecule has 0 radical (unpaired) electrons. The summed E-state index contributed by atoms with van der Waals surface area (Å²) in [5.41, 5.74) is 1.47. The molecule has 0 saturated carbocycles. The lowest BCUT2D eigenvalue weighted by Gasteiger charge is -2.22. The van der Waals surface area contributed by atoms with Crippen LogP contribution in [0.25, 0.3) is 5.69 Å². The Hall–Kier alpha value is -3.09. The van der Waals surface area contributed by atoms with Crippen molar-refractivity contribution < 1.29 is 19.1 Å². The van der Waals surface area contributed by atoms with E-state index < -0.39 is 0 Å². The predicted molar refractivity (Wildman–Crippen MR) is 97.0 cm³/mol. The number of esters is 1. The van der Waals surface area contributed by atoms with Crippen molar-refractivity contribution in [1.29, 1.82) is 0 Å². The van der Waals surface area contributed by atoms with Crippen LogP contribution in [-0.2, 0) is 14.3 Å². The second-order valence-corrected chi connectivity index (χ2v) is 5.74. The van der Waals surface area contributed by atoms with Crippen molar-refractivity contribution in [1.82, 2.24) is 14.8 Å². The molecule has 0 unspecified atom stereocenters. The number of nitrogens with zero attached hydrogens (tertiary/aromatic N) is 2. The second-order valence-electron chi connectivity index (χ2n) is 5.74. The minimum absolute atomic E-state index is 0.101. The maximum Gasteiger partial charge on any atom is 0.307 e. The molecule has 1 aromatic carbocycles. The fourth-order valence-electron chi connectivity index (χ4n) is 2.48. The van der Waals surface area contributed by atoms with Crippen molar-refractivity contribution in [3.05, 3.63) is 54.4 Å². The van der Waals surface area contributed by atoms with Gasteiger partial charge in [0.2, 0.25) is 5.91 Å². The third-order valence-corrected chi connectivity index (χ3v) is 3.87. The Labute approximate surface area is 152 Å². The van der Waals surface area contributed by atoms with Gasteiger partial charge in [-0.2, -0.15) is 0 Å². The highest BCUT2D eigenvalue weighted by molar-refractivity contribution is 5.94. The van der Waals surface area contributed by atoms with Crippen LogP contribution in [0.4, 0.5) is 0 Å². The van der Waals surface area contributed by atoms with Gasteiger partial charge in [0.1, 0.15) is 0 Å². The molecule has 0 bridgehead atoms. The number of benzene rings is 1. The Morgan fingerprint density at radius 1 is 1.08 bits per heavy atom. The molecule has 0 aliphatic heterocycles. The highest BCUT2D eigenvalue weighted by Crippen LogP contribution is 2.12. The summed E-state index contributed by atoms with van der Waals surface area (Å²) in [7, 11) is 1.31. The van der Waals surface area contributed by atoms with E-state index in [9.17, 15) is 14.4 Å². The highest BCUT2D eigenvalue weighted by atomic mass is 16.5. The largest absolute Gasteiger partial charge is 0.469 e. The zero-order chi connectivity index (χ0) is 18.9. The van der Waals surface area contributed by atoms with E-state index in [1.807, 2.05) is 41.2 Å². The number of rotatable bonds is 8. The smallest absolute Gasteiger partial charge is 0.307 e. The first-order valence-corrected chi connectivity index (χ1v) is 8.35. The number of amides is 2. The number of carbonyl (C=O) groups is 3. The summed E-state index contributed by atoms with van der Waals surface area (Å²) < 4.78 is 6.58. The Morgan fingerprint density at radius 3 is 2.31 bits per heavy atom. The Balaban J connectivity index is 2.07. The van der Waals surface area contributed by atoms with E-state index in [1.54, 1.807) is 12.1 Å². The molecule has 1 N–H and O–H groups in total. The molecule has 2 aromatic rings. The molecule has 0 fully saturated rings. The summed E-state index contributed by atoms with van der Waals surface area (Å²) in [6.07, 6.45) is 3.95. The van der Waals surface area contributed by atoms with Gasteiger partial charge >= 0.3 is 5.97 Å². The maximum absolute atomic E-state index is 12.8. The van der Waals surface area contributed by atoms with Crippen LogP contribution in [0.1, 0.15) is 23.7 Å². The van der Waals surface area contributed by atoms with Crippen molar-refractivity contribution in [3.63, 3.8) is 0 Å². The Morgan fingerprint density at radius 2 is 1.73 bits per heavy atom. The first kappa shape index (κ1) is 19.2. The van der Waals surface area contributed by atoms with Crippen LogP contribution in [-0.4, -0.2) is 54.0 Å². The summed E-state index contributed by atoms with van der Waals surface area (Å²) in [5, 5.41) is 2.66. The van der Waals surface area contributed by atoms with Gasteiger partial charge in [-0.25, -0.2) is 0 Å². The van der Waals surface area contributed by atoms with Gasteiger partial charge in [0.25, 0.3) is 5.91 Å². The van der Waals surface area contributed by atoms with Crippen LogP contribution in [0.2, 0.25) is 0 Å². The van der Waals surface area contributed by atoms with Crippen molar-refractivity contribution >= 4 is 17.8 Å². The van der Waals surface area contributed by atoms with Crippen LogP contribution in [0.3, 0.4) is 0 Å². The third kappa shape index (κ3) is 5.47. The van der Waals surface area contributed by atoms with Gasteiger partial charge in [-0.3, -0.25) is 14.4 Å². The number of hydrogen-bond acceptors (Lipinski definition) is 4. The van der Waals surface area contributed by atoms with Crippen LogP contribution in [0, 0.1) is 0 Å². The minimum atomic E-state index is -0.384. The standard InChI is InChI=1S/C19H23N3O4/c1-15(23)20-10-14-22(13-9-18(24)26-2)19(25)16-5-7-17(8-6-16)21-11-3-4-12-21/h3-8,11-12H,9-10,13-14H2,1-2H3,(H,20,23). The third-order valence-electron chi connectivity index (χ3n) is 3.87. The number of ether oxygens (including phenoxy) is 1. The van der Waals surface area contributed by atoms with Gasteiger partial charge in [-0.1, -0.05) is 0 Å². The molecule has 0 aliphatic carbocycles. The van der Waals surface area contributed by atoms with E-state index in [2.05, 4.69) is 10.1 Å². The van der Waals surface area contributed by atoms with Crippen molar-refractivity contribution in [2.24, 2.45) is 0 Å². The topological polar surface area (TPSA) is 80.6 Å². The van der Waals surface area contributed by atoms with E-state index in [-0.39, 0.29) is 30.7 Å². The van der Waals surface area contributed by atoms with Crippen LogP contribution < -0.4 is 5.32 Å². The van der Waals surface area contributed by atoms with Gasteiger partial charge in [-0.15, -0.1) is 0 Å². The average Bonchev–Trinajstić information content (AvgIpc) is 3.18. The zero-order valence-corrected chi connectivity index (χ0v) is 15.0. The summed E-state index contributed by atoms with van der Waals surface area (Å²) in [5.74, 6) is -0.745. The van der Waals surface area contributed by atoms with E-state index in [4.69, 9.17) is 0 Å². The summed E-state index contributed by atoms with van der Waals surface area (Å²) in [6, 6.07) is 11.1. The van der Waals surface area contributed by atoms with Crippen molar-refractivity contribution in [3.8, 4) is 5.69 Å². The summed E-state index contributed by atoms with van der Waals surface area (Å²) in [4.78, 5) is 36.7. The van der Waals surface area contributed by atoms with E-state index >= 15 is 0 Å². The molecule has 2 amide bonds. The van der Waals surface area contributed by atoms with Crippen molar-refractivity contribution in [2.45, 2.75) is 13.3 Å². The maximum atomic E-state index is 12.8. The molecular formula is C19H23N3O4.